The van der Waals surface area contributed by atoms with Gasteiger partial charge >= 0.3 is 5.88 Å². The molecule has 3 aromatic rings. The van der Waals surface area contributed by atoms with Crippen LogP contribution in [-0.4, -0.2) is 43.7 Å². The number of amides is 1. The van der Waals surface area contributed by atoms with E-state index < -0.39 is 16.7 Å². The quantitative estimate of drug-likeness (QED) is 0.366. The number of aromatic nitrogens is 4. The maximum absolute atomic E-state index is 11.9. The largest absolute Gasteiger partial charge is 0.433 e. The minimum Gasteiger partial charge on any atom is -0.395 e. The van der Waals surface area contributed by atoms with Crippen LogP contribution < -0.4 is 10.6 Å². The molecule has 11 nitrogen and oxygen atoms in total. The van der Waals surface area contributed by atoms with E-state index in [0.717, 1.165) is 6.07 Å². The summed E-state index contributed by atoms with van der Waals surface area (Å²) in [4.78, 5) is 30.3. The second kappa shape index (κ2) is 7.42. The van der Waals surface area contributed by atoms with E-state index in [0.29, 0.717) is 24.0 Å². The SMILES string of the molecule is Cc1nc(NCCNC(=O)c2ccc([N+](=O)[O-])o2)cc(-n2cccn2)n1. The number of anilines is 1. The molecule has 1 amide bonds. The Morgan fingerprint density at radius 3 is 2.88 bits per heavy atom. The van der Waals surface area contributed by atoms with Gasteiger partial charge in [0.2, 0.25) is 0 Å². The molecule has 3 heterocycles. The van der Waals surface area contributed by atoms with Gasteiger partial charge in [-0.2, -0.15) is 5.10 Å². The van der Waals surface area contributed by atoms with Gasteiger partial charge in [-0.25, -0.2) is 14.6 Å². The lowest BCUT2D eigenvalue weighted by Gasteiger charge is -2.09. The Balaban J connectivity index is 1.53. The molecule has 3 rings (SSSR count). The average molecular weight is 357 g/mol. The lowest BCUT2D eigenvalue weighted by atomic mass is 10.4. The second-order valence-corrected chi connectivity index (χ2v) is 5.19. The third kappa shape index (κ3) is 4.01. The van der Waals surface area contributed by atoms with Crippen LogP contribution >= 0.6 is 0 Å². The minimum atomic E-state index is -0.701. The summed E-state index contributed by atoms with van der Waals surface area (Å²) in [6, 6.07) is 5.91. The number of nitrogens with one attached hydrogen (secondary N) is 2. The number of furan rings is 1. The molecule has 0 aromatic carbocycles. The van der Waals surface area contributed by atoms with Crippen molar-refractivity contribution in [1.82, 2.24) is 25.1 Å². The van der Waals surface area contributed by atoms with E-state index in [2.05, 4.69) is 25.7 Å². The van der Waals surface area contributed by atoms with Crippen LogP contribution in [0.1, 0.15) is 16.4 Å². The van der Waals surface area contributed by atoms with Crippen molar-refractivity contribution in [1.29, 1.82) is 0 Å². The van der Waals surface area contributed by atoms with Crippen molar-refractivity contribution in [3.63, 3.8) is 0 Å². The molecule has 0 aliphatic rings. The number of nitrogens with zero attached hydrogens (tertiary/aromatic N) is 5. The summed E-state index contributed by atoms with van der Waals surface area (Å²) >= 11 is 0. The number of nitro groups is 1. The lowest BCUT2D eigenvalue weighted by Crippen LogP contribution is -2.28. The summed E-state index contributed by atoms with van der Waals surface area (Å²) in [5.74, 6) is 0.665. The molecule has 0 bridgehead atoms. The highest BCUT2D eigenvalue weighted by atomic mass is 16.6. The summed E-state index contributed by atoms with van der Waals surface area (Å²) < 4.78 is 6.45. The molecule has 134 valence electrons. The van der Waals surface area contributed by atoms with Gasteiger partial charge in [0.05, 0.1) is 6.07 Å². The summed E-state index contributed by atoms with van der Waals surface area (Å²) in [6.45, 7) is 2.43. The first-order valence-electron chi connectivity index (χ1n) is 7.65. The molecule has 0 fully saturated rings. The first-order chi connectivity index (χ1) is 12.5. The molecule has 0 aliphatic carbocycles. The summed E-state index contributed by atoms with van der Waals surface area (Å²) in [7, 11) is 0. The van der Waals surface area contributed by atoms with Crippen LogP contribution in [0.25, 0.3) is 5.82 Å². The van der Waals surface area contributed by atoms with Crippen LogP contribution in [0.5, 0.6) is 0 Å². The van der Waals surface area contributed by atoms with Gasteiger partial charge in [-0.15, -0.1) is 0 Å². The standard InChI is InChI=1S/C15H15N7O4/c1-10-19-12(9-13(20-10)21-8-2-5-18-21)16-6-7-17-15(23)11-3-4-14(26-11)22(24)25/h2-5,8-9H,6-7H2,1H3,(H,17,23)(H,16,19,20). The summed E-state index contributed by atoms with van der Waals surface area (Å²) in [5, 5.41) is 20.3. The molecule has 26 heavy (non-hydrogen) atoms. The first-order valence-corrected chi connectivity index (χ1v) is 7.65. The lowest BCUT2D eigenvalue weighted by molar-refractivity contribution is -0.402. The van der Waals surface area contributed by atoms with Crippen LogP contribution in [0.3, 0.4) is 0 Å². The number of carbonyl (C=O) groups is 1. The van der Waals surface area contributed by atoms with Crippen molar-refractivity contribution >= 4 is 17.6 Å². The zero-order valence-electron chi connectivity index (χ0n) is 13.7. The second-order valence-electron chi connectivity index (χ2n) is 5.19. The van der Waals surface area contributed by atoms with Gasteiger partial charge in [0.1, 0.15) is 16.6 Å². The van der Waals surface area contributed by atoms with Gasteiger partial charge in [0.15, 0.2) is 11.6 Å². The molecule has 0 aliphatic heterocycles. The van der Waals surface area contributed by atoms with Crippen LogP contribution in [0.2, 0.25) is 0 Å². The molecule has 0 radical (unpaired) electrons. The first kappa shape index (κ1) is 17.1. The molecule has 0 saturated carbocycles. The highest BCUT2D eigenvalue weighted by Gasteiger charge is 2.16. The van der Waals surface area contributed by atoms with E-state index in [9.17, 15) is 14.9 Å². The third-order valence-corrected chi connectivity index (χ3v) is 3.28. The van der Waals surface area contributed by atoms with Gasteiger partial charge in [0.25, 0.3) is 5.91 Å². The highest BCUT2D eigenvalue weighted by Crippen LogP contribution is 2.15. The zero-order chi connectivity index (χ0) is 18.5. The minimum absolute atomic E-state index is 0.115. The van der Waals surface area contributed by atoms with Crippen molar-refractivity contribution < 1.29 is 14.1 Å². The summed E-state index contributed by atoms with van der Waals surface area (Å²) in [5.41, 5.74) is 0. The van der Waals surface area contributed by atoms with Crippen molar-refractivity contribution in [3.8, 4) is 5.82 Å². The summed E-state index contributed by atoms with van der Waals surface area (Å²) in [6.07, 6.45) is 3.42. The molecule has 3 aromatic heterocycles. The Bertz CT molecular complexity index is 920. The number of carbonyl (C=O) groups excluding carboxylic acids is 1. The predicted octanol–water partition coefficient (Wildman–Crippen LogP) is 1.31. The maximum Gasteiger partial charge on any atom is 0.433 e. The van der Waals surface area contributed by atoms with Gasteiger partial charge in [0, 0.05) is 31.5 Å². The van der Waals surface area contributed by atoms with Crippen molar-refractivity contribution in [2.75, 3.05) is 18.4 Å². The van der Waals surface area contributed by atoms with Crippen molar-refractivity contribution in [2.45, 2.75) is 6.92 Å². The van der Waals surface area contributed by atoms with E-state index in [-0.39, 0.29) is 12.3 Å². The van der Waals surface area contributed by atoms with Crippen molar-refractivity contribution in [3.05, 3.63) is 58.4 Å². The fraction of sp³-hybridized carbons (Fsp3) is 0.200. The van der Waals surface area contributed by atoms with Gasteiger partial charge in [-0.3, -0.25) is 14.9 Å². The smallest absolute Gasteiger partial charge is 0.395 e. The van der Waals surface area contributed by atoms with Gasteiger partial charge in [-0.05, 0) is 19.1 Å². The monoisotopic (exact) mass is 357 g/mol. The third-order valence-electron chi connectivity index (χ3n) is 3.28. The Morgan fingerprint density at radius 2 is 2.19 bits per heavy atom. The Kier molecular flexibility index (Phi) is 4.87. The molecule has 0 spiro atoms. The number of aryl methyl sites for hydroxylation is 1. The van der Waals surface area contributed by atoms with Crippen LogP contribution in [-0.2, 0) is 0 Å². The topological polar surface area (TPSA) is 141 Å². The Morgan fingerprint density at radius 1 is 1.35 bits per heavy atom. The van der Waals surface area contributed by atoms with E-state index in [1.54, 1.807) is 36.1 Å². The van der Waals surface area contributed by atoms with Crippen LogP contribution in [0, 0.1) is 17.0 Å². The molecule has 0 atom stereocenters. The average Bonchev–Trinajstić information content (AvgIpc) is 3.29. The molecule has 0 saturated heterocycles. The normalized spacial score (nSPS) is 10.5. The maximum atomic E-state index is 11.9. The fourth-order valence-electron chi connectivity index (χ4n) is 2.17. The van der Waals surface area contributed by atoms with E-state index in [1.165, 1.54) is 6.07 Å². The van der Waals surface area contributed by atoms with Gasteiger partial charge in [-0.1, -0.05) is 0 Å². The van der Waals surface area contributed by atoms with Crippen LogP contribution in [0.4, 0.5) is 11.7 Å². The fourth-order valence-corrected chi connectivity index (χ4v) is 2.17. The molecule has 0 unspecified atom stereocenters. The highest BCUT2D eigenvalue weighted by molar-refractivity contribution is 5.91. The van der Waals surface area contributed by atoms with Crippen molar-refractivity contribution in [2.24, 2.45) is 0 Å². The molecular weight excluding hydrogens is 342 g/mol. The van der Waals surface area contributed by atoms with Gasteiger partial charge < -0.3 is 15.1 Å². The predicted molar refractivity (Wildman–Crippen MR) is 90.1 cm³/mol. The van der Waals surface area contributed by atoms with E-state index in [1.807, 2.05) is 0 Å². The molecular formula is C15H15N7O4. The zero-order valence-corrected chi connectivity index (χ0v) is 13.7. The number of hydrogen-bond donors (Lipinski definition) is 2. The molecule has 11 heteroatoms. The van der Waals surface area contributed by atoms with E-state index in [4.69, 9.17) is 4.42 Å². The number of hydrogen-bond acceptors (Lipinski definition) is 8. The van der Waals surface area contributed by atoms with Crippen LogP contribution in [0.15, 0.2) is 41.1 Å². The van der Waals surface area contributed by atoms with E-state index >= 15 is 0 Å². The Labute approximate surface area is 147 Å². The number of rotatable bonds is 7. The molecule has 2 N–H and O–H groups in total. The Hall–Kier alpha value is -3.76.